The predicted molar refractivity (Wildman–Crippen MR) is 398 cm³/mol. The van der Waals surface area contributed by atoms with Gasteiger partial charge in [-0.25, -0.2) is 0 Å². The normalized spacial score (nSPS) is 12.8. The number of rotatable bonds is 17. The van der Waals surface area contributed by atoms with Crippen molar-refractivity contribution >= 4 is 34.2 Å². The lowest BCUT2D eigenvalue weighted by atomic mass is 9.64. The summed E-state index contributed by atoms with van der Waals surface area (Å²) < 4.78 is 11.5. The van der Waals surface area contributed by atoms with Crippen LogP contribution in [0.2, 0.25) is 0 Å². The van der Waals surface area contributed by atoms with Gasteiger partial charge in [-0.3, -0.25) is 4.79 Å². The van der Waals surface area contributed by atoms with Crippen LogP contribution in [0.3, 0.4) is 0 Å². The molecule has 0 radical (unpaired) electrons. The van der Waals surface area contributed by atoms with Crippen molar-refractivity contribution in [2.45, 2.75) is 187 Å². The van der Waals surface area contributed by atoms with Gasteiger partial charge in [0.15, 0.2) is 12.4 Å². The number of aryl methyl sites for hydroxylation is 1. The Balaban J connectivity index is 0.846. The summed E-state index contributed by atoms with van der Waals surface area (Å²) in [5.41, 5.74) is 18.5. The van der Waals surface area contributed by atoms with Crippen LogP contribution in [-0.2, 0) is 61.2 Å². The molecule has 2 N–H and O–H groups in total. The van der Waals surface area contributed by atoms with Crippen LogP contribution in [-0.4, -0.2) is 22.8 Å². The lowest BCUT2D eigenvalue weighted by Gasteiger charge is -2.38. The summed E-state index contributed by atoms with van der Waals surface area (Å²) in [6, 6.07) is 76.8. The number of pyridine rings is 1. The average molecular weight is 1360 g/mol. The van der Waals surface area contributed by atoms with Crippen molar-refractivity contribution in [2.24, 2.45) is 0 Å². The number of anilines is 1. The van der Waals surface area contributed by atoms with Crippen LogP contribution in [0.15, 0.2) is 219 Å². The molecular weight excluding hydrogens is 1260 g/mol. The van der Waals surface area contributed by atoms with Crippen molar-refractivity contribution in [2.75, 3.05) is 11.9 Å². The Morgan fingerprint density at radius 3 is 1.01 bits per heavy atom. The number of aromatic nitrogens is 4. The van der Waals surface area contributed by atoms with Gasteiger partial charge in [0.05, 0.1) is 23.0 Å². The highest BCUT2D eigenvalue weighted by atomic mass is 127. The van der Waals surface area contributed by atoms with E-state index in [-0.39, 0.29) is 44.9 Å². The third-order valence-electron chi connectivity index (χ3n) is 19.0. The van der Waals surface area contributed by atoms with E-state index in [1.54, 1.807) is 0 Å². The molecule has 0 aliphatic carbocycles. The van der Waals surface area contributed by atoms with E-state index in [2.05, 4.69) is 344 Å². The fourth-order valence-corrected chi connectivity index (χ4v) is 13.9. The summed E-state index contributed by atoms with van der Waals surface area (Å²) in [6.07, 6.45) is 4.67. The molecule has 0 bridgehead atoms. The van der Waals surface area contributed by atoms with Crippen LogP contribution in [0.25, 0.3) is 11.3 Å². The number of ether oxygens (including phenoxy) is 1. The maximum absolute atomic E-state index is 14.0. The number of hydrogen-bond donors (Lipinski definition) is 2. The Hall–Kier alpha value is -7.95. The Morgan fingerprint density at radius 2 is 0.702 bits per heavy atom. The smallest absolute Gasteiger partial charge is 0.290 e. The lowest BCUT2D eigenvalue weighted by Crippen LogP contribution is -2.40. The van der Waals surface area contributed by atoms with Crippen LogP contribution in [0.5, 0.6) is 5.75 Å². The SMILES string of the molecule is CC(C)(C)c1ccc(C(c2ccc(NC(=O)C[n+]3cccc(-c4n[nH][n+](CCCOc5ccc(C(c6ccc(C(C)(C)C)cc6)(c6ccc(C(C)(C)C)cc6)c6ccc(C(C)(C)C)cc6)cc5)c4I)c3)cc2)(c2ccc(C(C)(C)C)cc2)c2ccc(C(C)(C)C)cc2)cc1. The van der Waals surface area contributed by atoms with Gasteiger partial charge in [0.1, 0.15) is 12.3 Å². The van der Waals surface area contributed by atoms with Gasteiger partial charge in [0.25, 0.3) is 11.6 Å². The van der Waals surface area contributed by atoms with Gasteiger partial charge in [0, 0.05) is 45.9 Å². The van der Waals surface area contributed by atoms with Crippen molar-refractivity contribution in [1.29, 1.82) is 0 Å². The lowest BCUT2D eigenvalue weighted by molar-refractivity contribution is -0.764. The molecule has 0 aliphatic rings. The summed E-state index contributed by atoms with van der Waals surface area (Å²) in [4.78, 5) is 14.0. The number of nitrogens with zero attached hydrogens (tertiary/aromatic N) is 3. The molecule has 0 spiro atoms. The second-order valence-electron chi connectivity index (χ2n) is 32.1. The highest BCUT2D eigenvalue weighted by molar-refractivity contribution is 14.1. The van der Waals surface area contributed by atoms with Gasteiger partial charge in [-0.05, 0) is 141 Å². The number of carbonyl (C=O) groups is 1. The van der Waals surface area contributed by atoms with Gasteiger partial charge >= 0.3 is 0 Å². The zero-order valence-corrected chi connectivity index (χ0v) is 61.3. The number of benzene rings is 8. The first-order valence-electron chi connectivity index (χ1n) is 33.6. The van der Waals surface area contributed by atoms with Gasteiger partial charge in [-0.2, -0.15) is 4.57 Å². The van der Waals surface area contributed by atoms with Gasteiger partial charge in [-0.1, -0.05) is 300 Å². The number of H-pyrrole nitrogens is 1. The van der Waals surface area contributed by atoms with Crippen LogP contribution in [0.4, 0.5) is 5.69 Å². The molecule has 0 saturated heterocycles. The van der Waals surface area contributed by atoms with E-state index >= 15 is 0 Å². The van der Waals surface area contributed by atoms with E-state index in [0.29, 0.717) is 13.2 Å². The largest absolute Gasteiger partial charge is 0.493 e. The Labute approximate surface area is 576 Å². The Bertz CT molecular complexity index is 3920. The summed E-state index contributed by atoms with van der Waals surface area (Å²) in [5.74, 6) is 0.695. The van der Waals surface area contributed by atoms with Crippen molar-refractivity contribution in [3.05, 3.63) is 300 Å². The molecular formula is C86H100IN5O2+2. The standard InChI is InChI=1S/C86H98IN5O2/c1-79(2,3)60-22-34-66(35-23-60)85(67-36-24-61(25-37-67)80(4,5)6,68-38-26-62(27-39-68)81(7,8)9)72-46-50-74(51-47-72)88-76(93)58-91-54-19-21-59(57-91)77-78(87)92(90-89-77)55-20-56-94-75-52-48-73(49-53-75)86(69-40-28-63(29-41-69)82(10,11)12,70-42-30-64(31-43-70)83(13,14)15)71-44-32-65(33-45-71)84(16,17)18/h19,21-54,57H,20,55-56,58H2,1-18H3/p+2. The topological polar surface area (TPSA) is 74.8 Å². The molecule has 0 unspecified atom stereocenters. The van der Waals surface area contributed by atoms with E-state index in [9.17, 15) is 4.79 Å². The number of halogens is 1. The van der Waals surface area contributed by atoms with E-state index in [4.69, 9.17) is 9.84 Å². The van der Waals surface area contributed by atoms with E-state index in [0.717, 1.165) is 38.4 Å². The molecule has 2 heterocycles. The third-order valence-corrected chi connectivity index (χ3v) is 20.1. The Kier molecular flexibility index (Phi) is 19.6. The minimum absolute atomic E-state index is 0.00143. The van der Waals surface area contributed by atoms with Crippen LogP contribution < -0.4 is 19.3 Å². The summed E-state index contributed by atoms with van der Waals surface area (Å²) in [7, 11) is 0. The first-order valence-corrected chi connectivity index (χ1v) is 34.7. The number of aromatic amines is 1. The number of hydrogen-bond acceptors (Lipinski definition) is 3. The van der Waals surface area contributed by atoms with E-state index in [1.165, 1.54) is 72.3 Å². The fraction of sp³-hybridized carbons (Fsp3) is 0.349. The molecule has 0 aliphatic heterocycles. The van der Waals surface area contributed by atoms with Gasteiger partial charge in [-0.15, -0.1) is 4.68 Å². The molecule has 1 amide bonds. The van der Waals surface area contributed by atoms with Crippen LogP contribution >= 0.6 is 22.6 Å². The summed E-state index contributed by atoms with van der Waals surface area (Å²) >= 11 is 2.37. The second kappa shape index (κ2) is 26.7. The van der Waals surface area contributed by atoms with Gasteiger partial charge in [0.2, 0.25) is 10.2 Å². The van der Waals surface area contributed by atoms with Crippen molar-refractivity contribution in [3.8, 4) is 17.0 Å². The number of amides is 1. The molecule has 94 heavy (non-hydrogen) atoms. The predicted octanol–water partition coefficient (Wildman–Crippen LogP) is 19.9. The molecule has 8 heteroatoms. The first kappa shape index (κ1) is 68.9. The molecule has 7 nitrogen and oxygen atoms in total. The quantitative estimate of drug-likeness (QED) is 0.0413. The molecule has 0 atom stereocenters. The monoisotopic (exact) mass is 1360 g/mol. The molecule has 2 aromatic heterocycles. The minimum atomic E-state index is -0.664. The van der Waals surface area contributed by atoms with E-state index < -0.39 is 10.8 Å². The highest BCUT2D eigenvalue weighted by Crippen LogP contribution is 2.49. The zero-order valence-electron chi connectivity index (χ0n) is 59.1. The number of nitrogens with one attached hydrogen (secondary N) is 2. The fourth-order valence-electron chi connectivity index (χ4n) is 13.1. The highest BCUT2D eigenvalue weighted by Gasteiger charge is 2.41. The van der Waals surface area contributed by atoms with E-state index in [1.807, 2.05) is 41.2 Å². The van der Waals surface area contributed by atoms with Crippen LogP contribution in [0.1, 0.15) is 209 Å². The third kappa shape index (κ3) is 14.8. The number of carbonyl (C=O) groups excluding carboxylic acids is 1. The summed E-state index contributed by atoms with van der Waals surface area (Å²) in [6.45, 7) is 42.2. The molecule has 0 saturated carbocycles. The molecule has 8 aromatic carbocycles. The average Bonchev–Trinajstić information content (AvgIpc) is 0.885. The van der Waals surface area contributed by atoms with Crippen molar-refractivity contribution in [1.82, 2.24) is 10.3 Å². The van der Waals surface area contributed by atoms with Crippen molar-refractivity contribution in [3.63, 3.8) is 0 Å². The first-order chi connectivity index (χ1) is 44.2. The summed E-state index contributed by atoms with van der Waals surface area (Å²) in [5, 5.41) is 11.3. The Morgan fingerprint density at radius 1 is 0.415 bits per heavy atom. The van der Waals surface area contributed by atoms with Crippen molar-refractivity contribution < 1.29 is 18.8 Å². The maximum Gasteiger partial charge on any atom is 0.290 e. The maximum atomic E-state index is 14.0. The van der Waals surface area contributed by atoms with Crippen LogP contribution in [0, 0.1) is 3.70 Å². The second-order valence-corrected chi connectivity index (χ2v) is 33.1. The van der Waals surface area contributed by atoms with Gasteiger partial charge < -0.3 is 10.1 Å². The molecule has 486 valence electrons. The molecule has 10 rings (SSSR count). The zero-order chi connectivity index (χ0) is 67.8. The minimum Gasteiger partial charge on any atom is -0.493 e. The molecule has 10 aromatic rings. The molecule has 0 fully saturated rings.